The van der Waals surface area contributed by atoms with Crippen LogP contribution >= 0.6 is 22.7 Å². The van der Waals surface area contributed by atoms with Crippen molar-refractivity contribution in [3.8, 4) is 10.4 Å². The first kappa shape index (κ1) is 18.9. The van der Waals surface area contributed by atoms with Gasteiger partial charge in [0.1, 0.15) is 5.00 Å². The predicted molar refractivity (Wildman–Crippen MR) is 117 cm³/mol. The number of thiophene rings is 2. The van der Waals surface area contributed by atoms with Crippen LogP contribution in [0.4, 0.5) is 5.00 Å². The zero-order valence-electron chi connectivity index (χ0n) is 15.7. The molecule has 1 N–H and O–H groups in total. The molecule has 28 heavy (non-hydrogen) atoms. The first-order chi connectivity index (χ1) is 13.6. The summed E-state index contributed by atoms with van der Waals surface area (Å²) in [4.78, 5) is 29.0. The number of hydrogen-bond acceptors (Lipinski definition) is 4. The Hall–Kier alpha value is -2.44. The number of carbonyl (C=O) groups excluding carboxylic acids is 2. The Morgan fingerprint density at radius 2 is 1.79 bits per heavy atom. The van der Waals surface area contributed by atoms with Crippen LogP contribution in [-0.2, 0) is 0 Å². The Morgan fingerprint density at radius 1 is 1.04 bits per heavy atom. The smallest absolute Gasteiger partial charge is 0.257 e. The molecule has 3 heterocycles. The van der Waals surface area contributed by atoms with E-state index in [4.69, 9.17) is 0 Å². The lowest BCUT2D eigenvalue weighted by Gasteiger charge is -2.27. The van der Waals surface area contributed by atoms with Gasteiger partial charge in [0.2, 0.25) is 0 Å². The van der Waals surface area contributed by atoms with Crippen LogP contribution in [0.5, 0.6) is 0 Å². The number of rotatable bonds is 4. The number of benzene rings is 1. The molecule has 0 spiro atoms. The molecule has 2 amide bonds. The van der Waals surface area contributed by atoms with Crippen LogP contribution in [0.25, 0.3) is 10.4 Å². The molecule has 0 aliphatic carbocycles. The molecule has 0 saturated carbocycles. The fourth-order valence-corrected chi connectivity index (χ4v) is 5.38. The number of carbonyl (C=O) groups is 2. The molecule has 1 aliphatic rings. The molecular weight excluding hydrogens is 388 g/mol. The van der Waals surface area contributed by atoms with E-state index in [-0.39, 0.29) is 11.8 Å². The minimum Gasteiger partial charge on any atom is -0.339 e. The Bertz CT molecular complexity index is 972. The highest BCUT2D eigenvalue weighted by atomic mass is 32.1. The molecule has 0 bridgehead atoms. The van der Waals surface area contributed by atoms with Crippen LogP contribution in [0, 0.1) is 6.92 Å². The minimum absolute atomic E-state index is 0.0243. The fraction of sp³-hybridized carbons (Fsp3) is 0.273. The Morgan fingerprint density at radius 3 is 2.46 bits per heavy atom. The highest BCUT2D eigenvalue weighted by Crippen LogP contribution is 2.41. The summed E-state index contributed by atoms with van der Waals surface area (Å²) in [5.74, 6) is -0.147. The lowest BCUT2D eigenvalue weighted by atomic mass is 10.0. The first-order valence-corrected chi connectivity index (χ1v) is 11.2. The number of nitrogens with one attached hydrogen (secondary N) is 1. The van der Waals surface area contributed by atoms with E-state index in [1.807, 2.05) is 52.9 Å². The molecule has 4 nitrogen and oxygen atoms in total. The van der Waals surface area contributed by atoms with Crippen LogP contribution in [-0.4, -0.2) is 29.8 Å². The monoisotopic (exact) mass is 410 g/mol. The number of piperidine rings is 1. The van der Waals surface area contributed by atoms with Crippen molar-refractivity contribution < 1.29 is 9.59 Å². The third kappa shape index (κ3) is 3.75. The molecule has 6 heteroatoms. The van der Waals surface area contributed by atoms with Crippen molar-refractivity contribution in [3.63, 3.8) is 0 Å². The molecule has 1 aliphatic heterocycles. The van der Waals surface area contributed by atoms with Gasteiger partial charge in [-0.05, 0) is 48.8 Å². The van der Waals surface area contributed by atoms with E-state index in [1.165, 1.54) is 29.1 Å². The maximum atomic E-state index is 13.3. The summed E-state index contributed by atoms with van der Waals surface area (Å²) >= 11 is 2.97. The summed E-state index contributed by atoms with van der Waals surface area (Å²) in [6.45, 7) is 3.55. The highest BCUT2D eigenvalue weighted by Gasteiger charge is 2.27. The standard InChI is InChI=1S/C22H22N2O2S2/c1-15-18(22(26)24-11-6-3-7-12-24)21(23-20(25)17-10-13-27-14-17)28-19(15)16-8-4-2-5-9-16/h2,4-5,8-10,13-14H,3,6-7,11-12H2,1H3,(H,23,25). The van der Waals surface area contributed by atoms with Gasteiger partial charge in [0, 0.05) is 23.3 Å². The lowest BCUT2D eigenvalue weighted by molar-refractivity contribution is 0.0725. The molecule has 1 saturated heterocycles. The van der Waals surface area contributed by atoms with Crippen molar-refractivity contribution in [1.82, 2.24) is 4.90 Å². The number of amides is 2. The normalized spacial score (nSPS) is 14.1. The molecule has 0 unspecified atom stereocenters. The SMILES string of the molecule is Cc1c(-c2ccccc2)sc(NC(=O)c2ccsc2)c1C(=O)N1CCCCC1. The minimum atomic E-state index is -0.171. The number of anilines is 1. The first-order valence-electron chi connectivity index (χ1n) is 9.47. The predicted octanol–water partition coefficient (Wildman–Crippen LogP) is 5.66. The number of hydrogen-bond donors (Lipinski definition) is 1. The van der Waals surface area contributed by atoms with Crippen molar-refractivity contribution in [2.24, 2.45) is 0 Å². The van der Waals surface area contributed by atoms with Gasteiger partial charge in [0.05, 0.1) is 11.1 Å². The van der Waals surface area contributed by atoms with Crippen LogP contribution in [0.2, 0.25) is 0 Å². The van der Waals surface area contributed by atoms with Crippen LogP contribution in [0.1, 0.15) is 45.5 Å². The molecule has 2 aromatic heterocycles. The molecule has 144 valence electrons. The molecule has 3 aromatic rings. The van der Waals surface area contributed by atoms with Gasteiger partial charge in [0.25, 0.3) is 11.8 Å². The van der Waals surface area contributed by atoms with Gasteiger partial charge in [-0.1, -0.05) is 30.3 Å². The van der Waals surface area contributed by atoms with E-state index in [0.29, 0.717) is 16.1 Å². The Labute approximate surface area is 172 Å². The summed E-state index contributed by atoms with van der Waals surface area (Å²) in [5, 5.41) is 7.34. The second-order valence-electron chi connectivity index (χ2n) is 6.95. The third-order valence-electron chi connectivity index (χ3n) is 5.05. The van der Waals surface area contributed by atoms with Crippen molar-refractivity contribution in [3.05, 3.63) is 63.8 Å². The van der Waals surface area contributed by atoms with Gasteiger partial charge >= 0.3 is 0 Å². The highest BCUT2D eigenvalue weighted by molar-refractivity contribution is 7.20. The summed E-state index contributed by atoms with van der Waals surface area (Å²) < 4.78 is 0. The summed E-state index contributed by atoms with van der Waals surface area (Å²) in [5.41, 5.74) is 3.25. The molecular formula is C22H22N2O2S2. The Balaban J connectivity index is 1.74. The average Bonchev–Trinajstić information content (AvgIpc) is 3.37. The number of nitrogens with zero attached hydrogens (tertiary/aromatic N) is 1. The van der Waals surface area contributed by atoms with E-state index in [9.17, 15) is 9.59 Å². The third-order valence-corrected chi connectivity index (χ3v) is 6.99. The zero-order valence-corrected chi connectivity index (χ0v) is 17.4. The second-order valence-corrected chi connectivity index (χ2v) is 8.75. The summed E-state index contributed by atoms with van der Waals surface area (Å²) in [6, 6.07) is 11.8. The molecule has 0 atom stereocenters. The number of likely N-dealkylation sites (tertiary alicyclic amines) is 1. The lowest BCUT2D eigenvalue weighted by Crippen LogP contribution is -2.36. The van der Waals surface area contributed by atoms with Crippen molar-refractivity contribution in [2.75, 3.05) is 18.4 Å². The molecule has 1 aromatic carbocycles. The van der Waals surface area contributed by atoms with E-state index in [0.717, 1.165) is 41.9 Å². The van der Waals surface area contributed by atoms with E-state index in [1.54, 1.807) is 6.07 Å². The largest absolute Gasteiger partial charge is 0.339 e. The molecule has 4 rings (SSSR count). The maximum Gasteiger partial charge on any atom is 0.257 e. The van der Waals surface area contributed by atoms with E-state index in [2.05, 4.69) is 5.32 Å². The van der Waals surface area contributed by atoms with Gasteiger partial charge in [0.15, 0.2) is 0 Å². The topological polar surface area (TPSA) is 49.4 Å². The second kappa shape index (κ2) is 8.29. The van der Waals surface area contributed by atoms with E-state index < -0.39 is 0 Å². The zero-order chi connectivity index (χ0) is 19.5. The van der Waals surface area contributed by atoms with Crippen LogP contribution < -0.4 is 5.32 Å². The summed E-state index contributed by atoms with van der Waals surface area (Å²) in [6.07, 6.45) is 3.25. The van der Waals surface area contributed by atoms with Gasteiger partial charge in [-0.25, -0.2) is 0 Å². The summed E-state index contributed by atoms with van der Waals surface area (Å²) in [7, 11) is 0. The van der Waals surface area contributed by atoms with Gasteiger partial charge < -0.3 is 10.2 Å². The average molecular weight is 411 g/mol. The van der Waals surface area contributed by atoms with Gasteiger partial charge in [-0.2, -0.15) is 11.3 Å². The van der Waals surface area contributed by atoms with Gasteiger partial charge in [-0.3, -0.25) is 9.59 Å². The quantitative estimate of drug-likeness (QED) is 0.603. The van der Waals surface area contributed by atoms with E-state index >= 15 is 0 Å². The maximum absolute atomic E-state index is 13.3. The molecule has 1 fully saturated rings. The fourth-order valence-electron chi connectivity index (χ4n) is 3.55. The van der Waals surface area contributed by atoms with Crippen molar-refractivity contribution in [1.29, 1.82) is 0 Å². The van der Waals surface area contributed by atoms with Crippen molar-refractivity contribution >= 4 is 39.5 Å². The molecule has 0 radical (unpaired) electrons. The Kier molecular flexibility index (Phi) is 5.59. The van der Waals surface area contributed by atoms with Crippen molar-refractivity contribution in [2.45, 2.75) is 26.2 Å². The van der Waals surface area contributed by atoms with Gasteiger partial charge in [-0.15, -0.1) is 11.3 Å². The van der Waals surface area contributed by atoms with Crippen LogP contribution in [0.15, 0.2) is 47.2 Å². The van der Waals surface area contributed by atoms with Crippen LogP contribution in [0.3, 0.4) is 0 Å².